The molecule has 0 saturated carbocycles. The predicted octanol–water partition coefficient (Wildman–Crippen LogP) is 5.45. The number of benzene rings is 2. The molecule has 1 unspecified atom stereocenters. The van der Waals surface area contributed by atoms with E-state index >= 15 is 0 Å². The number of amides is 1. The van der Waals surface area contributed by atoms with Crippen molar-refractivity contribution in [3.05, 3.63) is 83.9 Å². The summed E-state index contributed by atoms with van der Waals surface area (Å²) in [6.07, 6.45) is -3.30. The number of nitrogens with one attached hydrogen (secondary N) is 1. The lowest BCUT2D eigenvalue weighted by molar-refractivity contribution is -0.153. The topological polar surface area (TPSA) is 60.5 Å². The molecule has 5 nitrogen and oxygen atoms in total. The van der Waals surface area contributed by atoms with Gasteiger partial charge in [0.2, 0.25) is 0 Å². The molecule has 0 aliphatic heterocycles. The Kier molecular flexibility index (Phi) is 6.74. The molecular weight excluding hydrogens is 416 g/mol. The Balaban J connectivity index is 1.65. The fourth-order valence-corrected chi connectivity index (χ4v) is 2.59. The Morgan fingerprint density at radius 3 is 2.45 bits per heavy atom. The number of alkyl halides is 3. The lowest BCUT2D eigenvalue weighted by Crippen LogP contribution is -2.27. The third-order valence-electron chi connectivity index (χ3n) is 4.12. The second-order valence-corrected chi connectivity index (χ2v) is 6.58. The molecule has 3 rings (SSSR count). The highest BCUT2D eigenvalue weighted by Gasteiger charge is 2.28. The van der Waals surface area contributed by atoms with E-state index in [0.29, 0.717) is 11.4 Å². The van der Waals surface area contributed by atoms with Gasteiger partial charge in [0.1, 0.15) is 11.5 Å². The van der Waals surface area contributed by atoms with E-state index in [1.54, 1.807) is 37.3 Å². The second kappa shape index (κ2) is 9.46. The third-order valence-corrected chi connectivity index (χ3v) is 4.12. The molecule has 0 aliphatic carbocycles. The van der Waals surface area contributed by atoms with Crippen LogP contribution in [0, 0.1) is 5.82 Å². The zero-order valence-electron chi connectivity index (χ0n) is 16.3. The number of rotatable bonds is 7. The molecule has 2 aromatic carbocycles. The molecule has 1 heterocycles. The summed E-state index contributed by atoms with van der Waals surface area (Å²) in [5, 5.41) is 2.70. The van der Waals surface area contributed by atoms with E-state index < -0.39 is 30.5 Å². The zero-order valence-corrected chi connectivity index (χ0v) is 16.3. The summed E-state index contributed by atoms with van der Waals surface area (Å²) >= 11 is 0. The van der Waals surface area contributed by atoms with Crippen LogP contribution in [0.3, 0.4) is 0 Å². The van der Waals surface area contributed by atoms with E-state index in [1.807, 2.05) is 0 Å². The van der Waals surface area contributed by atoms with Crippen LogP contribution in [0.25, 0.3) is 0 Å². The van der Waals surface area contributed by atoms with E-state index in [9.17, 15) is 22.4 Å². The highest BCUT2D eigenvalue weighted by atomic mass is 19.4. The summed E-state index contributed by atoms with van der Waals surface area (Å²) in [6.45, 7) is 0.236. The summed E-state index contributed by atoms with van der Waals surface area (Å²) in [5.41, 5.74) is 0.583. The standard InChI is InChI=1S/C22H18F4N2O3/c1-14(19-10-8-17(12-27-19)30-13-22(24,25)26)28-21(29)15-7-9-18(23)20(11-15)31-16-5-3-2-4-6-16/h2-12,14H,13H2,1H3,(H,28,29). The summed E-state index contributed by atoms with van der Waals surface area (Å²) in [6, 6.07) is 14.5. The predicted molar refractivity (Wildman–Crippen MR) is 105 cm³/mol. The van der Waals surface area contributed by atoms with Crippen LogP contribution in [0.15, 0.2) is 66.9 Å². The largest absolute Gasteiger partial charge is 0.483 e. The average Bonchev–Trinajstić information content (AvgIpc) is 2.74. The van der Waals surface area contributed by atoms with Gasteiger partial charge in [0.05, 0.1) is 17.9 Å². The van der Waals surface area contributed by atoms with Crippen LogP contribution >= 0.6 is 0 Å². The van der Waals surface area contributed by atoms with Gasteiger partial charge in [0.15, 0.2) is 18.2 Å². The normalized spacial score (nSPS) is 12.2. The van der Waals surface area contributed by atoms with E-state index in [-0.39, 0.29) is 17.1 Å². The fourth-order valence-electron chi connectivity index (χ4n) is 2.59. The number of aromatic nitrogens is 1. The Hall–Kier alpha value is -3.62. The highest BCUT2D eigenvalue weighted by Crippen LogP contribution is 2.26. The number of nitrogens with zero attached hydrogens (tertiary/aromatic N) is 1. The van der Waals surface area contributed by atoms with Gasteiger partial charge in [-0.15, -0.1) is 0 Å². The van der Waals surface area contributed by atoms with Crippen molar-refractivity contribution in [2.45, 2.75) is 19.1 Å². The van der Waals surface area contributed by atoms with Crippen LogP contribution in [0.4, 0.5) is 17.6 Å². The molecule has 1 N–H and O–H groups in total. The maximum atomic E-state index is 14.1. The van der Waals surface area contributed by atoms with Crippen molar-refractivity contribution < 1.29 is 31.8 Å². The number of pyridine rings is 1. The van der Waals surface area contributed by atoms with Crippen LogP contribution in [-0.4, -0.2) is 23.7 Å². The van der Waals surface area contributed by atoms with Gasteiger partial charge in [0, 0.05) is 5.56 Å². The van der Waals surface area contributed by atoms with Crippen molar-refractivity contribution in [3.8, 4) is 17.2 Å². The Morgan fingerprint density at radius 2 is 1.81 bits per heavy atom. The second-order valence-electron chi connectivity index (χ2n) is 6.58. The van der Waals surface area contributed by atoms with Gasteiger partial charge in [0.25, 0.3) is 5.91 Å². The maximum Gasteiger partial charge on any atom is 0.422 e. The summed E-state index contributed by atoms with van der Waals surface area (Å²) < 4.78 is 60.8. The van der Waals surface area contributed by atoms with Gasteiger partial charge in [-0.25, -0.2) is 4.39 Å². The number of para-hydroxylation sites is 1. The van der Waals surface area contributed by atoms with E-state index in [2.05, 4.69) is 15.0 Å². The van der Waals surface area contributed by atoms with E-state index in [4.69, 9.17) is 4.74 Å². The minimum Gasteiger partial charge on any atom is -0.483 e. The SMILES string of the molecule is CC(NC(=O)c1ccc(F)c(Oc2ccccc2)c1)c1ccc(OCC(F)(F)F)cn1. The molecule has 0 saturated heterocycles. The summed E-state index contributed by atoms with van der Waals surface area (Å²) in [7, 11) is 0. The molecule has 0 bridgehead atoms. The minimum absolute atomic E-state index is 0.0409. The number of carbonyl (C=O) groups is 1. The molecule has 9 heteroatoms. The molecular formula is C22H18F4N2O3. The third kappa shape index (κ3) is 6.43. The molecule has 1 aromatic heterocycles. The number of carbonyl (C=O) groups excluding carboxylic acids is 1. The van der Waals surface area contributed by atoms with Crippen LogP contribution in [0.5, 0.6) is 17.2 Å². The Morgan fingerprint density at radius 1 is 1.06 bits per heavy atom. The maximum absolute atomic E-state index is 14.1. The summed E-state index contributed by atoms with van der Waals surface area (Å²) in [4.78, 5) is 16.6. The van der Waals surface area contributed by atoms with Crippen LogP contribution in [-0.2, 0) is 0 Å². The van der Waals surface area contributed by atoms with Crippen LogP contribution in [0.1, 0.15) is 29.0 Å². The first kappa shape index (κ1) is 22.1. The first-order valence-corrected chi connectivity index (χ1v) is 9.20. The van der Waals surface area contributed by atoms with Crippen molar-refractivity contribution >= 4 is 5.91 Å². The molecule has 0 aliphatic rings. The van der Waals surface area contributed by atoms with Crippen molar-refractivity contribution in [1.82, 2.24) is 10.3 Å². The molecule has 3 aromatic rings. The molecule has 0 radical (unpaired) electrons. The molecule has 162 valence electrons. The van der Waals surface area contributed by atoms with Crippen molar-refractivity contribution in [2.24, 2.45) is 0 Å². The van der Waals surface area contributed by atoms with Crippen molar-refractivity contribution in [2.75, 3.05) is 6.61 Å². The summed E-state index contributed by atoms with van der Waals surface area (Å²) in [5.74, 6) is -0.838. The minimum atomic E-state index is -4.45. The molecule has 1 atom stereocenters. The Bertz CT molecular complexity index is 1030. The van der Waals surface area contributed by atoms with Gasteiger partial charge in [-0.3, -0.25) is 9.78 Å². The molecule has 0 fully saturated rings. The zero-order chi connectivity index (χ0) is 22.4. The first-order chi connectivity index (χ1) is 14.7. The van der Waals surface area contributed by atoms with Gasteiger partial charge in [-0.05, 0) is 49.4 Å². The van der Waals surface area contributed by atoms with E-state index in [0.717, 1.165) is 12.3 Å². The first-order valence-electron chi connectivity index (χ1n) is 9.20. The smallest absolute Gasteiger partial charge is 0.422 e. The molecule has 1 amide bonds. The van der Waals surface area contributed by atoms with E-state index in [1.165, 1.54) is 24.3 Å². The number of hydrogen-bond donors (Lipinski definition) is 1. The van der Waals surface area contributed by atoms with Crippen molar-refractivity contribution in [1.29, 1.82) is 0 Å². The quantitative estimate of drug-likeness (QED) is 0.503. The lowest BCUT2D eigenvalue weighted by atomic mass is 10.1. The van der Waals surface area contributed by atoms with Crippen molar-refractivity contribution in [3.63, 3.8) is 0 Å². The lowest BCUT2D eigenvalue weighted by Gasteiger charge is -2.15. The highest BCUT2D eigenvalue weighted by molar-refractivity contribution is 5.94. The number of ether oxygens (including phenoxy) is 2. The fraction of sp³-hybridized carbons (Fsp3) is 0.182. The van der Waals surface area contributed by atoms with Gasteiger partial charge >= 0.3 is 6.18 Å². The van der Waals surface area contributed by atoms with Gasteiger partial charge < -0.3 is 14.8 Å². The van der Waals surface area contributed by atoms with Gasteiger partial charge in [-0.1, -0.05) is 18.2 Å². The average molecular weight is 434 g/mol. The monoisotopic (exact) mass is 434 g/mol. The number of hydrogen-bond acceptors (Lipinski definition) is 4. The molecule has 31 heavy (non-hydrogen) atoms. The molecule has 0 spiro atoms. The Labute approximate surface area is 175 Å². The van der Waals surface area contributed by atoms with Crippen LogP contribution < -0.4 is 14.8 Å². The van der Waals surface area contributed by atoms with Gasteiger partial charge in [-0.2, -0.15) is 13.2 Å². The van der Waals surface area contributed by atoms with Crippen LogP contribution in [0.2, 0.25) is 0 Å². The number of halogens is 4.